The molecule has 20 heteroatoms. The van der Waals surface area contributed by atoms with Crippen LogP contribution in [0.1, 0.15) is 78.1 Å². The van der Waals surface area contributed by atoms with Crippen molar-refractivity contribution in [2.45, 2.75) is 89.8 Å². The number of amides is 5. The van der Waals surface area contributed by atoms with Crippen LogP contribution in [0.3, 0.4) is 0 Å². The number of fused-ring (bicyclic) bond motifs is 5. The molecule has 0 spiro atoms. The Balaban J connectivity index is 1.20. The van der Waals surface area contributed by atoms with E-state index in [1.165, 1.54) is 17.6 Å². The number of nitrogens with one attached hydrogen (secondary N) is 5. The molecule has 4 aromatic rings. The smallest absolute Gasteiger partial charge is 0.343 e. The number of primary amides is 1. The van der Waals surface area contributed by atoms with Crippen LogP contribution in [0.2, 0.25) is 0 Å². The van der Waals surface area contributed by atoms with Crippen molar-refractivity contribution in [1.29, 1.82) is 0 Å². The molecule has 5 amide bonds. The maximum atomic E-state index is 15.6. The van der Waals surface area contributed by atoms with Gasteiger partial charge in [-0.2, -0.15) is 0 Å². The third-order valence-electron chi connectivity index (χ3n) is 12.6. The van der Waals surface area contributed by atoms with Crippen molar-refractivity contribution >= 4 is 52.2 Å². The summed E-state index contributed by atoms with van der Waals surface area (Å²) in [5.74, 6) is -6.89. The number of hydrogen-bond donors (Lipinski definition) is 8. The number of pyridine rings is 2. The van der Waals surface area contributed by atoms with E-state index < -0.39 is 88.9 Å². The molecule has 4 heterocycles. The zero-order chi connectivity index (χ0) is 47.6. The molecule has 5 atom stereocenters. The van der Waals surface area contributed by atoms with Crippen LogP contribution in [0.5, 0.6) is 0 Å². The van der Waals surface area contributed by atoms with Crippen molar-refractivity contribution in [3.8, 4) is 11.4 Å². The molecule has 0 radical (unpaired) electrons. The van der Waals surface area contributed by atoms with Crippen LogP contribution >= 0.6 is 0 Å². The number of nitrogens with two attached hydrogens (primary N) is 2. The van der Waals surface area contributed by atoms with E-state index in [0.29, 0.717) is 45.3 Å². The van der Waals surface area contributed by atoms with Crippen LogP contribution < -0.4 is 43.6 Å². The summed E-state index contributed by atoms with van der Waals surface area (Å²) in [6.45, 7) is 3.23. The highest BCUT2D eigenvalue weighted by Gasteiger charge is 2.46. The Morgan fingerprint density at radius 1 is 1.02 bits per heavy atom. The minimum absolute atomic E-state index is 0.00522. The van der Waals surface area contributed by atoms with Crippen molar-refractivity contribution in [1.82, 2.24) is 36.1 Å². The van der Waals surface area contributed by atoms with E-state index in [0.717, 1.165) is 0 Å². The SMILES string of the molecule is CC[C@@]1(O)C(=O)OCc2c1cc1n(c2=O)Cc2c-1nc1cc(F)c(C)c3c1c2[C@@H](NC(=O)C(CCNCC(N)=O)C(=O)[C@H](C)NC(=O)[C@H](Cc1ccccc1)NC(=O)CNC(=O)CN)CC3. The molecule has 1 unspecified atom stereocenters. The Hall–Kier alpha value is -6.90. The van der Waals surface area contributed by atoms with Crippen LogP contribution in [0.4, 0.5) is 4.39 Å². The van der Waals surface area contributed by atoms with Crippen molar-refractivity contribution in [3.05, 3.63) is 97.6 Å². The molecule has 2 aromatic heterocycles. The van der Waals surface area contributed by atoms with Crippen molar-refractivity contribution in [2.75, 3.05) is 26.2 Å². The molecule has 19 nitrogen and oxygen atoms in total. The first-order chi connectivity index (χ1) is 31.5. The lowest BCUT2D eigenvalue weighted by Gasteiger charge is -2.31. The largest absolute Gasteiger partial charge is 0.458 e. The van der Waals surface area contributed by atoms with Gasteiger partial charge in [-0.15, -0.1) is 0 Å². The Kier molecular flexibility index (Phi) is 13.8. The molecular formula is C46H52FN9O10. The molecule has 0 bridgehead atoms. The molecule has 2 aromatic carbocycles. The average molecular weight is 910 g/mol. The third kappa shape index (κ3) is 9.16. The number of aryl methyl sites for hydroxylation is 1. The Morgan fingerprint density at radius 2 is 1.76 bits per heavy atom. The number of carbonyl (C=O) groups is 7. The van der Waals surface area contributed by atoms with E-state index in [-0.39, 0.29) is 80.8 Å². The zero-order valence-corrected chi connectivity index (χ0v) is 36.7. The molecule has 7 rings (SSSR count). The number of rotatable bonds is 18. The van der Waals surface area contributed by atoms with Crippen molar-refractivity contribution in [3.63, 3.8) is 0 Å². The highest BCUT2D eigenvalue weighted by Crippen LogP contribution is 2.46. The lowest BCUT2D eigenvalue weighted by atomic mass is 9.81. The van der Waals surface area contributed by atoms with Gasteiger partial charge in [0.2, 0.25) is 29.5 Å². The number of nitrogens with zero attached hydrogens (tertiary/aromatic N) is 2. The standard InChI is InChI=1S/C46H52FN9O10/c1-4-46(65)29-15-34-40-27(20-56(34)44(63)28(29)21-66-45(46)64)39-31(11-10-25-22(2)30(47)16-32(54-40)38(25)39)55-42(61)26(12-13-50-18-35(49)57)41(60)23(3)52-43(62)33(14-24-8-6-5-7-9-24)53-37(59)19-51-36(58)17-48/h5-9,15-16,23,26,31,33,50,65H,4,10-14,17-21,48H2,1-3H3,(H2,49,57)(H,51,58)(H,52,62)(H,53,59)(H,55,61)/t23-,26?,31-,33-,46-/m0/s1. The van der Waals surface area contributed by atoms with Gasteiger partial charge in [0.25, 0.3) is 5.56 Å². The fourth-order valence-electron chi connectivity index (χ4n) is 9.07. The first kappa shape index (κ1) is 47.1. The van der Waals surface area contributed by atoms with Gasteiger partial charge >= 0.3 is 5.97 Å². The summed E-state index contributed by atoms with van der Waals surface area (Å²) in [5.41, 5.74) is 11.9. The number of aliphatic hydroxyl groups is 1. The van der Waals surface area contributed by atoms with Gasteiger partial charge in [-0.3, -0.25) is 33.6 Å². The molecule has 0 saturated carbocycles. The Labute approximate surface area is 377 Å². The van der Waals surface area contributed by atoms with Gasteiger partial charge in [-0.05, 0) is 74.4 Å². The molecule has 1 aliphatic carbocycles. The second kappa shape index (κ2) is 19.3. The second-order valence-electron chi connectivity index (χ2n) is 16.8. The van der Waals surface area contributed by atoms with E-state index in [1.54, 1.807) is 50.2 Å². The number of esters is 1. The van der Waals surface area contributed by atoms with E-state index in [1.807, 2.05) is 0 Å². The van der Waals surface area contributed by atoms with Crippen molar-refractivity contribution in [2.24, 2.45) is 17.4 Å². The number of halogens is 1. The lowest BCUT2D eigenvalue weighted by Crippen LogP contribution is -2.55. The molecule has 0 saturated heterocycles. The molecular weight excluding hydrogens is 858 g/mol. The quantitative estimate of drug-likeness (QED) is 0.0316. The first-order valence-electron chi connectivity index (χ1n) is 21.7. The average Bonchev–Trinajstić information content (AvgIpc) is 3.67. The number of aromatic nitrogens is 2. The number of hydrogen-bond acceptors (Lipinski definition) is 13. The van der Waals surface area contributed by atoms with Gasteiger partial charge in [-0.25, -0.2) is 14.2 Å². The van der Waals surface area contributed by atoms with Crippen LogP contribution in [0.25, 0.3) is 22.3 Å². The van der Waals surface area contributed by atoms with Crippen LogP contribution in [-0.2, 0) is 69.9 Å². The maximum absolute atomic E-state index is 15.6. The summed E-state index contributed by atoms with van der Waals surface area (Å²) in [6.07, 6.45) is 0.390. The van der Waals surface area contributed by atoms with Gasteiger partial charge in [-0.1, -0.05) is 37.3 Å². The number of carbonyl (C=O) groups excluding carboxylic acids is 7. The lowest BCUT2D eigenvalue weighted by molar-refractivity contribution is -0.172. The van der Waals surface area contributed by atoms with Crippen molar-refractivity contribution < 1.29 is 47.8 Å². The molecule has 0 fully saturated rings. The van der Waals surface area contributed by atoms with E-state index in [9.17, 15) is 43.5 Å². The fourth-order valence-corrected chi connectivity index (χ4v) is 9.07. The van der Waals surface area contributed by atoms with E-state index in [2.05, 4.69) is 26.6 Å². The number of ether oxygens (including phenoxy) is 1. The molecule has 3 aliphatic rings. The Bertz CT molecular complexity index is 2730. The number of benzene rings is 2. The monoisotopic (exact) mass is 909 g/mol. The van der Waals surface area contributed by atoms with Crippen LogP contribution in [0, 0.1) is 18.7 Å². The van der Waals surface area contributed by atoms with E-state index >= 15 is 4.39 Å². The van der Waals surface area contributed by atoms with Gasteiger partial charge in [0.05, 0.1) is 66.6 Å². The minimum atomic E-state index is -2.09. The molecule has 2 aliphatic heterocycles. The normalized spacial score (nSPS) is 18.2. The highest BCUT2D eigenvalue weighted by atomic mass is 19.1. The topological polar surface area (TPSA) is 296 Å². The highest BCUT2D eigenvalue weighted by molar-refractivity contribution is 6.05. The maximum Gasteiger partial charge on any atom is 0.343 e. The van der Waals surface area contributed by atoms with Gasteiger partial charge < -0.3 is 52.5 Å². The Morgan fingerprint density at radius 3 is 2.45 bits per heavy atom. The third-order valence-corrected chi connectivity index (χ3v) is 12.6. The summed E-state index contributed by atoms with van der Waals surface area (Å²) < 4.78 is 22.2. The van der Waals surface area contributed by atoms with Gasteiger partial charge in [0.1, 0.15) is 18.5 Å². The minimum Gasteiger partial charge on any atom is -0.458 e. The summed E-state index contributed by atoms with van der Waals surface area (Å²) in [4.78, 5) is 111. The number of Topliss-reactive ketones (excluding diaryl/α,β-unsaturated/α-hetero) is 1. The second-order valence-corrected chi connectivity index (χ2v) is 16.8. The zero-order valence-electron chi connectivity index (χ0n) is 36.7. The van der Waals surface area contributed by atoms with Gasteiger partial charge in [0.15, 0.2) is 11.4 Å². The number of cyclic esters (lactones) is 1. The predicted molar refractivity (Wildman–Crippen MR) is 235 cm³/mol. The van der Waals surface area contributed by atoms with Crippen LogP contribution in [-0.4, -0.2) is 94.2 Å². The fraction of sp³-hybridized carbons (Fsp3) is 0.413. The van der Waals surface area contributed by atoms with E-state index in [4.69, 9.17) is 21.2 Å². The summed E-state index contributed by atoms with van der Waals surface area (Å²) in [7, 11) is 0. The molecule has 66 heavy (non-hydrogen) atoms. The summed E-state index contributed by atoms with van der Waals surface area (Å²) in [6, 6.07) is 8.32. The molecule has 10 N–H and O–H groups in total. The van der Waals surface area contributed by atoms with Crippen LogP contribution in [0.15, 0.2) is 47.3 Å². The summed E-state index contributed by atoms with van der Waals surface area (Å²) >= 11 is 0. The number of ketones is 1. The first-order valence-corrected chi connectivity index (χ1v) is 21.7. The predicted octanol–water partition coefficient (Wildman–Crippen LogP) is -0.412. The van der Waals surface area contributed by atoms with Gasteiger partial charge in [0, 0.05) is 29.0 Å². The summed E-state index contributed by atoms with van der Waals surface area (Å²) in [5, 5.41) is 25.5. The molecule has 348 valence electrons.